The van der Waals surface area contributed by atoms with Crippen molar-refractivity contribution in [1.82, 2.24) is 9.62 Å². The number of sulfonamides is 1. The highest BCUT2D eigenvalue weighted by Crippen LogP contribution is 2.29. The number of nitrogens with zero attached hydrogens (tertiary/aromatic N) is 1. The SMILES string of the molecule is O=C(CN1C(=O)c2ccccc2S1(=O)=O)NCCO. The van der Waals surface area contributed by atoms with Crippen LogP contribution in [0.15, 0.2) is 29.2 Å². The van der Waals surface area contributed by atoms with Crippen LogP contribution in [0.1, 0.15) is 10.4 Å². The lowest BCUT2D eigenvalue weighted by Gasteiger charge is -2.14. The van der Waals surface area contributed by atoms with Crippen LogP contribution >= 0.6 is 0 Å². The van der Waals surface area contributed by atoms with Gasteiger partial charge < -0.3 is 10.4 Å². The van der Waals surface area contributed by atoms with E-state index in [1.165, 1.54) is 18.2 Å². The molecule has 1 aromatic rings. The van der Waals surface area contributed by atoms with Crippen molar-refractivity contribution in [3.05, 3.63) is 29.8 Å². The topological polar surface area (TPSA) is 104 Å². The van der Waals surface area contributed by atoms with Gasteiger partial charge in [-0.3, -0.25) is 9.59 Å². The van der Waals surface area contributed by atoms with Gasteiger partial charge in [0, 0.05) is 6.54 Å². The van der Waals surface area contributed by atoms with Crippen LogP contribution in [0, 0.1) is 0 Å². The highest BCUT2D eigenvalue weighted by molar-refractivity contribution is 7.90. The normalized spacial score (nSPS) is 16.3. The number of fused-ring (bicyclic) bond motifs is 1. The Morgan fingerprint density at radius 2 is 2.00 bits per heavy atom. The van der Waals surface area contributed by atoms with E-state index < -0.39 is 28.4 Å². The van der Waals surface area contributed by atoms with Crippen molar-refractivity contribution in [1.29, 1.82) is 0 Å². The summed E-state index contributed by atoms with van der Waals surface area (Å²) in [7, 11) is -3.96. The molecule has 0 bridgehead atoms. The molecule has 19 heavy (non-hydrogen) atoms. The molecule has 2 rings (SSSR count). The van der Waals surface area contributed by atoms with Crippen molar-refractivity contribution in [3.8, 4) is 0 Å². The predicted octanol–water partition coefficient (Wildman–Crippen LogP) is -1.06. The van der Waals surface area contributed by atoms with Crippen molar-refractivity contribution in [3.63, 3.8) is 0 Å². The van der Waals surface area contributed by atoms with Gasteiger partial charge >= 0.3 is 0 Å². The fourth-order valence-electron chi connectivity index (χ4n) is 1.77. The molecule has 8 heteroatoms. The Bertz CT molecular complexity index is 626. The van der Waals surface area contributed by atoms with Gasteiger partial charge in [0.15, 0.2) is 0 Å². The van der Waals surface area contributed by atoms with Crippen LogP contribution in [0.3, 0.4) is 0 Å². The quantitative estimate of drug-likeness (QED) is 0.733. The van der Waals surface area contributed by atoms with E-state index in [0.717, 1.165) is 0 Å². The molecule has 1 aromatic carbocycles. The van der Waals surface area contributed by atoms with E-state index in [-0.39, 0.29) is 23.6 Å². The van der Waals surface area contributed by atoms with Crippen LogP contribution < -0.4 is 5.32 Å². The third-order valence-electron chi connectivity index (χ3n) is 2.63. The van der Waals surface area contributed by atoms with Gasteiger partial charge in [-0.25, -0.2) is 12.7 Å². The van der Waals surface area contributed by atoms with E-state index in [9.17, 15) is 18.0 Å². The molecule has 0 saturated carbocycles. The van der Waals surface area contributed by atoms with Gasteiger partial charge in [0.2, 0.25) is 5.91 Å². The van der Waals surface area contributed by atoms with Gasteiger partial charge in [0.1, 0.15) is 11.4 Å². The van der Waals surface area contributed by atoms with E-state index in [1.807, 2.05) is 0 Å². The van der Waals surface area contributed by atoms with Crippen LogP contribution in [0.25, 0.3) is 0 Å². The number of nitrogens with one attached hydrogen (secondary N) is 1. The second-order valence-electron chi connectivity index (χ2n) is 3.89. The monoisotopic (exact) mass is 284 g/mol. The van der Waals surface area contributed by atoms with Crippen molar-refractivity contribution < 1.29 is 23.1 Å². The van der Waals surface area contributed by atoms with Crippen LogP contribution in [-0.2, 0) is 14.8 Å². The molecule has 0 saturated heterocycles. The van der Waals surface area contributed by atoms with E-state index in [1.54, 1.807) is 6.07 Å². The van der Waals surface area contributed by atoms with Crippen LogP contribution in [-0.4, -0.2) is 49.3 Å². The minimum absolute atomic E-state index is 0.00780. The lowest BCUT2D eigenvalue weighted by atomic mass is 10.2. The molecule has 2 N–H and O–H groups in total. The number of benzene rings is 1. The molecule has 0 spiro atoms. The van der Waals surface area contributed by atoms with Crippen molar-refractivity contribution in [2.45, 2.75) is 4.90 Å². The summed E-state index contributed by atoms with van der Waals surface area (Å²) in [4.78, 5) is 23.3. The summed E-state index contributed by atoms with van der Waals surface area (Å²) in [6, 6.07) is 5.80. The summed E-state index contributed by atoms with van der Waals surface area (Å²) < 4.78 is 24.7. The first-order chi connectivity index (χ1) is 8.98. The molecule has 0 unspecified atom stereocenters. The van der Waals surface area contributed by atoms with Crippen LogP contribution in [0.4, 0.5) is 0 Å². The van der Waals surface area contributed by atoms with Gasteiger partial charge in [-0.2, -0.15) is 0 Å². The Kier molecular flexibility index (Phi) is 3.54. The standard InChI is InChI=1S/C11H12N2O5S/c14-6-5-12-10(15)7-13-11(16)8-3-1-2-4-9(8)19(13,17)18/h1-4,14H,5-7H2,(H,12,15). The Morgan fingerprint density at radius 1 is 1.32 bits per heavy atom. The lowest BCUT2D eigenvalue weighted by molar-refractivity contribution is -0.121. The summed E-state index contributed by atoms with van der Waals surface area (Å²) in [5.41, 5.74) is 0.0671. The maximum atomic E-state index is 12.1. The Balaban J connectivity index is 2.26. The Morgan fingerprint density at radius 3 is 2.63 bits per heavy atom. The van der Waals surface area contributed by atoms with Gasteiger partial charge in [-0.1, -0.05) is 12.1 Å². The summed E-state index contributed by atoms with van der Waals surface area (Å²) >= 11 is 0. The predicted molar refractivity (Wildman–Crippen MR) is 64.8 cm³/mol. The first kappa shape index (κ1) is 13.5. The number of hydrogen-bond donors (Lipinski definition) is 2. The molecule has 0 fully saturated rings. The van der Waals surface area contributed by atoms with Gasteiger partial charge in [0.25, 0.3) is 15.9 Å². The van der Waals surface area contributed by atoms with E-state index in [2.05, 4.69) is 5.32 Å². The minimum atomic E-state index is -3.96. The van der Waals surface area contributed by atoms with E-state index in [4.69, 9.17) is 5.11 Å². The molecule has 0 aliphatic carbocycles. The van der Waals surface area contributed by atoms with E-state index >= 15 is 0 Å². The first-order valence-electron chi connectivity index (χ1n) is 5.52. The van der Waals surface area contributed by atoms with Crippen molar-refractivity contribution in [2.24, 2.45) is 0 Å². The minimum Gasteiger partial charge on any atom is -0.395 e. The Labute approximate surface area is 109 Å². The molecular weight excluding hydrogens is 272 g/mol. The zero-order valence-electron chi connectivity index (χ0n) is 9.87. The smallest absolute Gasteiger partial charge is 0.269 e. The molecular formula is C11H12N2O5S. The zero-order chi connectivity index (χ0) is 14.0. The lowest BCUT2D eigenvalue weighted by Crippen LogP contribution is -2.41. The van der Waals surface area contributed by atoms with Gasteiger partial charge in [0.05, 0.1) is 12.2 Å². The number of hydrogen-bond acceptors (Lipinski definition) is 5. The molecule has 0 atom stereocenters. The molecule has 2 amide bonds. The average molecular weight is 284 g/mol. The second kappa shape index (κ2) is 4.98. The largest absolute Gasteiger partial charge is 0.395 e. The molecule has 0 aromatic heterocycles. The third kappa shape index (κ3) is 2.32. The summed E-state index contributed by atoms with van der Waals surface area (Å²) in [6.45, 7) is -0.837. The fraction of sp³-hybridized carbons (Fsp3) is 0.273. The number of aliphatic hydroxyl groups excluding tert-OH is 1. The second-order valence-corrected chi connectivity index (χ2v) is 5.72. The van der Waals surface area contributed by atoms with Crippen LogP contribution in [0.2, 0.25) is 0 Å². The van der Waals surface area contributed by atoms with E-state index in [0.29, 0.717) is 4.31 Å². The van der Waals surface area contributed by atoms with Crippen molar-refractivity contribution in [2.75, 3.05) is 19.7 Å². The first-order valence-corrected chi connectivity index (χ1v) is 6.96. The number of amides is 2. The fourth-order valence-corrected chi connectivity index (χ4v) is 3.29. The zero-order valence-corrected chi connectivity index (χ0v) is 10.7. The molecule has 1 aliphatic heterocycles. The highest BCUT2D eigenvalue weighted by Gasteiger charge is 2.41. The average Bonchev–Trinajstić information content (AvgIpc) is 2.58. The number of carbonyl (C=O) groups excluding carboxylic acids is 2. The highest BCUT2D eigenvalue weighted by atomic mass is 32.2. The summed E-state index contributed by atoms with van der Waals surface area (Å²) in [5.74, 6) is -1.35. The number of carbonyl (C=O) groups is 2. The third-order valence-corrected chi connectivity index (χ3v) is 4.42. The summed E-state index contributed by atoms with van der Waals surface area (Å²) in [6.07, 6.45) is 0. The molecule has 1 aliphatic rings. The Hall–Kier alpha value is -1.93. The number of rotatable bonds is 4. The maximum absolute atomic E-state index is 12.1. The maximum Gasteiger partial charge on any atom is 0.269 e. The molecule has 102 valence electrons. The molecule has 1 heterocycles. The summed E-state index contributed by atoms with van der Waals surface area (Å²) in [5, 5.41) is 10.9. The van der Waals surface area contributed by atoms with Gasteiger partial charge in [-0.15, -0.1) is 0 Å². The molecule has 7 nitrogen and oxygen atoms in total. The van der Waals surface area contributed by atoms with Crippen molar-refractivity contribution >= 4 is 21.8 Å². The van der Waals surface area contributed by atoms with Gasteiger partial charge in [-0.05, 0) is 12.1 Å². The number of aliphatic hydroxyl groups is 1. The molecule has 0 radical (unpaired) electrons. The van der Waals surface area contributed by atoms with Crippen LogP contribution in [0.5, 0.6) is 0 Å².